The average molecular weight is 469 g/mol. The summed E-state index contributed by atoms with van der Waals surface area (Å²) in [5, 5.41) is 12.6. The molecule has 0 bridgehead atoms. The van der Waals surface area contributed by atoms with Crippen LogP contribution in [0.5, 0.6) is 0 Å². The monoisotopic (exact) mass is 468 g/mol. The van der Waals surface area contributed by atoms with Crippen LogP contribution in [-0.4, -0.2) is 37.3 Å². The summed E-state index contributed by atoms with van der Waals surface area (Å²) < 4.78 is 1.90. The first kappa shape index (κ1) is 22.2. The number of pyridine rings is 1. The number of primary amides is 1. The van der Waals surface area contributed by atoms with Gasteiger partial charge in [0.2, 0.25) is 5.91 Å². The van der Waals surface area contributed by atoms with Gasteiger partial charge in [-0.3, -0.25) is 19.1 Å². The lowest BCUT2D eigenvalue weighted by Crippen LogP contribution is -2.20. The number of thioether (sulfide) groups is 1. The van der Waals surface area contributed by atoms with E-state index in [1.807, 2.05) is 16.7 Å². The summed E-state index contributed by atoms with van der Waals surface area (Å²) in [5.41, 5.74) is 7.99. The Morgan fingerprint density at radius 1 is 1.38 bits per heavy atom. The van der Waals surface area contributed by atoms with Gasteiger partial charge in [0.25, 0.3) is 5.91 Å². The van der Waals surface area contributed by atoms with Gasteiger partial charge < -0.3 is 11.1 Å². The third kappa shape index (κ3) is 4.61. The summed E-state index contributed by atoms with van der Waals surface area (Å²) in [6.07, 6.45) is 7.90. The van der Waals surface area contributed by atoms with Gasteiger partial charge >= 0.3 is 0 Å². The molecule has 3 N–H and O–H groups in total. The average Bonchev–Trinajstić information content (AvgIpc) is 3.33. The number of nitrogens with zero attached hydrogens (tertiary/aromatic N) is 4. The van der Waals surface area contributed by atoms with E-state index in [0.717, 1.165) is 35.3 Å². The molecule has 1 unspecified atom stereocenters. The molecule has 0 aliphatic heterocycles. The first-order valence-electron chi connectivity index (χ1n) is 10.3. The Hall–Kier alpha value is -2.98. The Morgan fingerprint density at radius 2 is 2.16 bits per heavy atom. The maximum absolute atomic E-state index is 12.7. The molecular weight excluding hydrogens is 444 g/mol. The molecule has 32 heavy (non-hydrogen) atoms. The van der Waals surface area contributed by atoms with Crippen LogP contribution in [0.15, 0.2) is 42.3 Å². The van der Waals surface area contributed by atoms with Gasteiger partial charge in [0, 0.05) is 29.4 Å². The molecule has 4 rings (SSSR count). The van der Waals surface area contributed by atoms with E-state index in [9.17, 15) is 9.59 Å². The Bertz CT molecular complexity index is 1150. The lowest BCUT2D eigenvalue weighted by Gasteiger charge is -2.18. The number of anilines is 1. The van der Waals surface area contributed by atoms with E-state index >= 15 is 0 Å². The molecule has 0 saturated heterocycles. The van der Waals surface area contributed by atoms with Crippen LogP contribution in [0, 0.1) is 5.92 Å². The van der Waals surface area contributed by atoms with Crippen molar-refractivity contribution in [3.63, 3.8) is 0 Å². The minimum Gasteiger partial charge on any atom is -0.365 e. The summed E-state index contributed by atoms with van der Waals surface area (Å²) in [5.74, 6) is 0.663. The lowest BCUT2D eigenvalue weighted by molar-refractivity contribution is -0.113. The van der Waals surface area contributed by atoms with E-state index in [4.69, 9.17) is 5.73 Å². The number of nitrogens with two attached hydrogens (primary N) is 1. The smallest absolute Gasteiger partial charge is 0.251 e. The summed E-state index contributed by atoms with van der Waals surface area (Å²) in [6, 6.07) is 3.71. The molecule has 0 radical (unpaired) electrons. The third-order valence-electron chi connectivity index (χ3n) is 5.31. The molecule has 1 aliphatic carbocycles. The molecule has 3 heterocycles. The molecule has 8 nitrogen and oxygen atoms in total. The van der Waals surface area contributed by atoms with Crippen molar-refractivity contribution in [1.82, 2.24) is 19.7 Å². The molecule has 0 aromatic carbocycles. The Labute approximate surface area is 194 Å². The zero-order valence-corrected chi connectivity index (χ0v) is 19.3. The highest BCUT2D eigenvalue weighted by Gasteiger charge is 2.27. The first-order valence-corrected chi connectivity index (χ1v) is 12.1. The molecule has 0 saturated carbocycles. The third-order valence-corrected chi connectivity index (χ3v) is 7.45. The van der Waals surface area contributed by atoms with Crippen molar-refractivity contribution in [2.75, 3.05) is 11.1 Å². The number of rotatable bonds is 8. The van der Waals surface area contributed by atoms with E-state index < -0.39 is 5.91 Å². The number of nitrogens with one attached hydrogen (secondary N) is 1. The summed E-state index contributed by atoms with van der Waals surface area (Å²) in [6.45, 7) is 6.51. The number of carbonyl (C=O) groups is 2. The summed E-state index contributed by atoms with van der Waals surface area (Å²) >= 11 is 2.74. The fourth-order valence-corrected chi connectivity index (χ4v) is 5.98. The first-order chi connectivity index (χ1) is 15.5. The van der Waals surface area contributed by atoms with Crippen molar-refractivity contribution in [1.29, 1.82) is 0 Å². The number of thiophene rings is 1. The van der Waals surface area contributed by atoms with Gasteiger partial charge in [-0.1, -0.05) is 24.8 Å². The molecule has 3 aromatic rings. The molecule has 1 aliphatic rings. The number of amides is 2. The molecule has 166 valence electrons. The highest BCUT2D eigenvalue weighted by molar-refractivity contribution is 7.99. The van der Waals surface area contributed by atoms with Gasteiger partial charge in [0.15, 0.2) is 11.0 Å². The second-order valence-corrected chi connectivity index (χ2v) is 9.75. The zero-order chi connectivity index (χ0) is 22.7. The number of carbonyl (C=O) groups excluding carboxylic acids is 2. The van der Waals surface area contributed by atoms with Crippen LogP contribution in [0.4, 0.5) is 5.00 Å². The Balaban J connectivity index is 1.49. The van der Waals surface area contributed by atoms with Crippen molar-refractivity contribution in [2.45, 2.75) is 37.9 Å². The summed E-state index contributed by atoms with van der Waals surface area (Å²) in [4.78, 5) is 30.0. The second kappa shape index (κ2) is 9.66. The van der Waals surface area contributed by atoms with Crippen LogP contribution in [-0.2, 0) is 24.2 Å². The molecule has 10 heteroatoms. The molecule has 0 spiro atoms. The van der Waals surface area contributed by atoms with Crippen LogP contribution in [0.3, 0.4) is 0 Å². The topological polar surface area (TPSA) is 116 Å². The van der Waals surface area contributed by atoms with Gasteiger partial charge in [0.05, 0.1) is 11.3 Å². The largest absolute Gasteiger partial charge is 0.365 e. The Kier molecular flexibility index (Phi) is 6.71. The van der Waals surface area contributed by atoms with E-state index in [-0.39, 0.29) is 11.7 Å². The Morgan fingerprint density at radius 3 is 2.88 bits per heavy atom. The van der Waals surface area contributed by atoms with Crippen molar-refractivity contribution >= 4 is 39.9 Å². The number of hydrogen-bond acceptors (Lipinski definition) is 7. The number of aromatic nitrogens is 4. The lowest BCUT2D eigenvalue weighted by atomic mass is 9.88. The molecule has 0 fully saturated rings. The van der Waals surface area contributed by atoms with Gasteiger partial charge in [-0.05, 0) is 42.9 Å². The van der Waals surface area contributed by atoms with Crippen LogP contribution in [0.25, 0.3) is 11.4 Å². The van der Waals surface area contributed by atoms with Gasteiger partial charge in [-0.25, -0.2) is 0 Å². The van der Waals surface area contributed by atoms with Gasteiger partial charge in [-0.15, -0.1) is 28.1 Å². The predicted molar refractivity (Wildman–Crippen MR) is 127 cm³/mol. The normalized spacial score (nSPS) is 15.2. The summed E-state index contributed by atoms with van der Waals surface area (Å²) in [7, 11) is 0. The van der Waals surface area contributed by atoms with Crippen LogP contribution >= 0.6 is 23.1 Å². The van der Waals surface area contributed by atoms with E-state index in [0.29, 0.717) is 34.0 Å². The predicted octanol–water partition coefficient (Wildman–Crippen LogP) is 3.54. The van der Waals surface area contributed by atoms with Crippen molar-refractivity contribution in [3.8, 4) is 11.4 Å². The van der Waals surface area contributed by atoms with E-state index in [1.165, 1.54) is 23.1 Å². The van der Waals surface area contributed by atoms with Crippen molar-refractivity contribution in [2.24, 2.45) is 11.7 Å². The SMILES string of the molecule is C=CCn1c(SCC(=O)Nc2sc3c(c2C(N)=O)CCC(C)C3)nnc1-c1ccncc1. The molecule has 3 aromatic heterocycles. The minimum atomic E-state index is -0.493. The fourth-order valence-electron chi connectivity index (χ4n) is 3.80. The second-order valence-electron chi connectivity index (χ2n) is 7.70. The number of fused-ring (bicyclic) bond motifs is 1. The highest BCUT2D eigenvalue weighted by Crippen LogP contribution is 2.39. The number of allylic oxidation sites excluding steroid dienone is 1. The molecular formula is C22H24N6O2S2. The molecule has 1 atom stereocenters. The number of hydrogen-bond donors (Lipinski definition) is 2. The zero-order valence-electron chi connectivity index (χ0n) is 17.7. The van der Waals surface area contributed by atoms with Crippen LogP contribution in [0.2, 0.25) is 0 Å². The fraction of sp³-hybridized carbons (Fsp3) is 0.318. The quantitative estimate of drug-likeness (QED) is 0.386. The van der Waals surface area contributed by atoms with E-state index in [1.54, 1.807) is 18.5 Å². The maximum atomic E-state index is 12.7. The van der Waals surface area contributed by atoms with Gasteiger partial charge in [-0.2, -0.15) is 0 Å². The van der Waals surface area contributed by atoms with Crippen LogP contribution < -0.4 is 11.1 Å². The maximum Gasteiger partial charge on any atom is 0.251 e. The van der Waals surface area contributed by atoms with E-state index in [2.05, 4.69) is 34.0 Å². The van der Waals surface area contributed by atoms with Gasteiger partial charge in [0.1, 0.15) is 5.00 Å². The van der Waals surface area contributed by atoms with Crippen molar-refractivity contribution in [3.05, 3.63) is 53.2 Å². The van der Waals surface area contributed by atoms with Crippen molar-refractivity contribution < 1.29 is 9.59 Å². The van der Waals surface area contributed by atoms with Crippen LogP contribution in [0.1, 0.15) is 34.1 Å². The molecule has 2 amide bonds. The highest BCUT2D eigenvalue weighted by atomic mass is 32.2. The standard InChI is InChI=1S/C22H24N6O2S2/c1-3-10-28-20(14-6-8-24-9-7-14)26-27-22(28)31-12-17(29)25-21-18(19(23)30)15-5-4-13(2)11-16(15)32-21/h3,6-9,13H,1,4-5,10-12H2,2H3,(H2,23,30)(H,25,29). The minimum absolute atomic E-state index is 0.128.